The summed E-state index contributed by atoms with van der Waals surface area (Å²) >= 11 is 0. The first-order valence-electron chi connectivity index (χ1n) is 4.59. The maximum atomic E-state index is 9.03. The van der Waals surface area contributed by atoms with Gasteiger partial charge in [-0.25, -0.2) is 0 Å². The summed E-state index contributed by atoms with van der Waals surface area (Å²) in [5, 5.41) is 9.03. The van der Waals surface area contributed by atoms with E-state index in [9.17, 15) is 0 Å². The van der Waals surface area contributed by atoms with Gasteiger partial charge in [0.05, 0.1) is 11.5 Å². The lowest BCUT2D eigenvalue weighted by atomic mass is 9.57. The van der Waals surface area contributed by atoms with Crippen LogP contribution in [0.2, 0.25) is 0 Å². The van der Waals surface area contributed by atoms with Crippen molar-refractivity contribution in [2.24, 2.45) is 16.2 Å². The molecule has 0 saturated heterocycles. The van der Waals surface area contributed by atoms with Gasteiger partial charge in [0.15, 0.2) is 0 Å². The first-order chi connectivity index (χ1) is 5.18. The summed E-state index contributed by atoms with van der Waals surface area (Å²) in [7, 11) is 0. The molecule has 0 amide bonds. The predicted molar refractivity (Wildman–Crippen MR) is 41.7 cm³/mol. The molecule has 0 spiro atoms. The van der Waals surface area contributed by atoms with Gasteiger partial charge in [-0.15, -0.1) is 0 Å². The largest absolute Gasteiger partial charge is 0.198 e. The van der Waals surface area contributed by atoms with E-state index in [1.807, 2.05) is 0 Å². The standard InChI is InChI=1S/C10H13N/c1-8(7-11)5-9-3-2-4-10(8,9)6-9/h2-6H2,1H3. The molecule has 11 heavy (non-hydrogen) atoms. The van der Waals surface area contributed by atoms with Crippen LogP contribution in [0.1, 0.15) is 39.0 Å². The van der Waals surface area contributed by atoms with E-state index in [0.717, 1.165) is 0 Å². The molecule has 3 atom stereocenters. The predicted octanol–water partition coefficient (Wildman–Crippen LogP) is 2.48. The maximum absolute atomic E-state index is 9.03. The third-order valence-corrected chi connectivity index (χ3v) is 4.78. The molecule has 3 fully saturated rings. The topological polar surface area (TPSA) is 23.8 Å². The van der Waals surface area contributed by atoms with Crippen LogP contribution in [0.4, 0.5) is 0 Å². The van der Waals surface area contributed by atoms with E-state index in [4.69, 9.17) is 5.26 Å². The number of hydrogen-bond donors (Lipinski definition) is 0. The van der Waals surface area contributed by atoms with Crippen molar-refractivity contribution in [2.45, 2.75) is 39.0 Å². The Kier molecular flexibility index (Phi) is 0.683. The second-order valence-corrected chi connectivity index (χ2v) is 5.01. The van der Waals surface area contributed by atoms with Crippen molar-refractivity contribution in [3.8, 4) is 6.07 Å². The maximum Gasteiger partial charge on any atom is 0.0693 e. The Morgan fingerprint density at radius 3 is 2.64 bits per heavy atom. The molecule has 3 aliphatic rings. The van der Waals surface area contributed by atoms with Crippen molar-refractivity contribution in [1.82, 2.24) is 0 Å². The molecule has 0 aromatic carbocycles. The Morgan fingerprint density at radius 2 is 2.09 bits per heavy atom. The number of nitriles is 1. The Balaban J connectivity index is 2.05. The minimum Gasteiger partial charge on any atom is -0.198 e. The van der Waals surface area contributed by atoms with Gasteiger partial charge >= 0.3 is 0 Å². The lowest BCUT2D eigenvalue weighted by Gasteiger charge is -2.44. The molecule has 0 radical (unpaired) electrons. The van der Waals surface area contributed by atoms with Crippen LogP contribution in [0.5, 0.6) is 0 Å². The minimum atomic E-state index is 0.0729. The molecular weight excluding hydrogens is 134 g/mol. The van der Waals surface area contributed by atoms with Crippen molar-refractivity contribution in [3.63, 3.8) is 0 Å². The van der Waals surface area contributed by atoms with E-state index < -0.39 is 0 Å². The summed E-state index contributed by atoms with van der Waals surface area (Å²) in [6, 6.07) is 2.53. The highest BCUT2D eigenvalue weighted by atomic mass is 14.9. The highest BCUT2D eigenvalue weighted by Gasteiger charge is 2.85. The van der Waals surface area contributed by atoms with Gasteiger partial charge in [-0.2, -0.15) is 5.26 Å². The second-order valence-electron chi connectivity index (χ2n) is 5.01. The monoisotopic (exact) mass is 147 g/mol. The van der Waals surface area contributed by atoms with Crippen molar-refractivity contribution >= 4 is 0 Å². The summed E-state index contributed by atoms with van der Waals surface area (Å²) in [5.41, 5.74) is 1.29. The van der Waals surface area contributed by atoms with Gasteiger partial charge in [0.1, 0.15) is 0 Å². The molecule has 3 aliphatic carbocycles. The molecule has 0 bridgehead atoms. The molecule has 3 unspecified atom stereocenters. The molecule has 1 heteroatoms. The lowest BCUT2D eigenvalue weighted by Crippen LogP contribution is -2.41. The fourth-order valence-electron chi connectivity index (χ4n) is 4.21. The van der Waals surface area contributed by atoms with Gasteiger partial charge in [-0.3, -0.25) is 0 Å². The average Bonchev–Trinajstić information content (AvgIpc) is 2.43. The van der Waals surface area contributed by atoms with E-state index in [1.54, 1.807) is 0 Å². The van der Waals surface area contributed by atoms with Crippen LogP contribution >= 0.6 is 0 Å². The molecule has 3 rings (SSSR count). The summed E-state index contributed by atoms with van der Waals surface area (Å²) in [5.74, 6) is 0. The molecule has 0 heterocycles. The van der Waals surface area contributed by atoms with E-state index in [0.29, 0.717) is 10.8 Å². The van der Waals surface area contributed by atoms with Gasteiger partial charge in [0.2, 0.25) is 0 Å². The zero-order chi connectivity index (χ0) is 7.74. The third kappa shape index (κ3) is 0.359. The molecule has 1 nitrogen and oxygen atoms in total. The smallest absolute Gasteiger partial charge is 0.0693 e. The first kappa shape index (κ1) is 6.06. The van der Waals surface area contributed by atoms with Crippen LogP contribution in [-0.2, 0) is 0 Å². The fraction of sp³-hybridized carbons (Fsp3) is 0.900. The van der Waals surface area contributed by atoms with Crippen LogP contribution in [0.3, 0.4) is 0 Å². The van der Waals surface area contributed by atoms with E-state index in [1.165, 1.54) is 32.1 Å². The lowest BCUT2D eigenvalue weighted by molar-refractivity contribution is 0.0499. The van der Waals surface area contributed by atoms with Gasteiger partial charge in [0, 0.05) is 0 Å². The number of rotatable bonds is 0. The zero-order valence-electron chi connectivity index (χ0n) is 6.98. The Labute approximate surface area is 67.4 Å². The van der Waals surface area contributed by atoms with Crippen LogP contribution in [0.25, 0.3) is 0 Å². The quantitative estimate of drug-likeness (QED) is 0.516. The molecule has 0 aliphatic heterocycles. The Morgan fingerprint density at radius 1 is 1.27 bits per heavy atom. The summed E-state index contributed by atoms with van der Waals surface area (Å²) < 4.78 is 0. The highest BCUT2D eigenvalue weighted by molar-refractivity contribution is 5.37. The van der Waals surface area contributed by atoms with Gasteiger partial charge in [0.25, 0.3) is 0 Å². The third-order valence-electron chi connectivity index (χ3n) is 4.78. The average molecular weight is 147 g/mol. The molecule has 58 valence electrons. The summed E-state index contributed by atoms with van der Waals surface area (Å²) in [4.78, 5) is 0. The number of nitrogens with zero attached hydrogens (tertiary/aromatic N) is 1. The molecule has 0 aromatic heterocycles. The fourth-order valence-corrected chi connectivity index (χ4v) is 4.21. The van der Waals surface area contributed by atoms with Gasteiger partial charge in [-0.1, -0.05) is 6.42 Å². The van der Waals surface area contributed by atoms with Crippen LogP contribution in [-0.4, -0.2) is 0 Å². The zero-order valence-corrected chi connectivity index (χ0v) is 6.98. The van der Waals surface area contributed by atoms with E-state index in [-0.39, 0.29) is 5.41 Å². The van der Waals surface area contributed by atoms with Crippen LogP contribution in [0, 0.1) is 27.6 Å². The summed E-state index contributed by atoms with van der Waals surface area (Å²) in [6.45, 7) is 2.17. The molecule has 3 saturated carbocycles. The second kappa shape index (κ2) is 1.24. The van der Waals surface area contributed by atoms with Crippen molar-refractivity contribution < 1.29 is 0 Å². The molecular formula is C10H13N. The molecule has 0 N–H and O–H groups in total. The first-order valence-corrected chi connectivity index (χ1v) is 4.59. The number of hydrogen-bond acceptors (Lipinski definition) is 1. The SMILES string of the molecule is CC1(C#N)CC23CCCC12C3. The van der Waals surface area contributed by atoms with Crippen LogP contribution < -0.4 is 0 Å². The highest BCUT2D eigenvalue weighted by Crippen LogP contribution is 2.91. The molecule has 0 aromatic rings. The Bertz CT molecular complexity index is 273. The van der Waals surface area contributed by atoms with Crippen molar-refractivity contribution in [2.75, 3.05) is 0 Å². The van der Waals surface area contributed by atoms with Crippen molar-refractivity contribution in [3.05, 3.63) is 0 Å². The van der Waals surface area contributed by atoms with E-state index in [2.05, 4.69) is 13.0 Å². The summed E-state index contributed by atoms with van der Waals surface area (Å²) in [6.07, 6.45) is 6.74. The minimum absolute atomic E-state index is 0.0729. The Hall–Kier alpha value is -0.510. The normalized spacial score (nSPS) is 64.0. The van der Waals surface area contributed by atoms with E-state index >= 15 is 0 Å². The van der Waals surface area contributed by atoms with Gasteiger partial charge < -0.3 is 0 Å². The van der Waals surface area contributed by atoms with Gasteiger partial charge in [-0.05, 0) is 43.4 Å². The van der Waals surface area contributed by atoms with Crippen LogP contribution in [0.15, 0.2) is 0 Å². The van der Waals surface area contributed by atoms with Crippen molar-refractivity contribution in [1.29, 1.82) is 5.26 Å².